The number of hydrogen-bond donors (Lipinski definition) is 0. The Kier molecular flexibility index (Phi) is 4.57. The summed E-state index contributed by atoms with van der Waals surface area (Å²) in [5.74, 6) is -0.00614. The maximum Gasteiger partial charge on any atom is 0.251 e. The van der Waals surface area contributed by atoms with Gasteiger partial charge in [0.2, 0.25) is 5.91 Å². The average molecular weight is 339 g/mol. The highest BCUT2D eigenvalue weighted by molar-refractivity contribution is 6.32. The zero-order valence-electron chi connectivity index (χ0n) is 13.2. The van der Waals surface area contributed by atoms with Crippen LogP contribution in [-0.2, 0) is 14.3 Å². The first-order valence-corrected chi connectivity index (χ1v) is 7.93. The molecule has 1 aromatic rings. The second-order valence-corrected chi connectivity index (χ2v) is 6.12. The standard InChI is InChI=1S/C16H19ClN2O4/c1-10-7-12(14(22-2)8-11(10)17)19-15(20)9-13(16(19)21)18-3-5-23-6-4-18/h7-8,13H,3-6,9H2,1-2H3. The average Bonchev–Trinajstić information content (AvgIpc) is 2.85. The molecule has 2 aliphatic heterocycles. The molecule has 7 heteroatoms. The highest BCUT2D eigenvalue weighted by atomic mass is 35.5. The van der Waals surface area contributed by atoms with E-state index in [0.29, 0.717) is 42.8 Å². The van der Waals surface area contributed by atoms with E-state index in [0.717, 1.165) is 5.56 Å². The van der Waals surface area contributed by atoms with Crippen molar-refractivity contribution in [1.29, 1.82) is 0 Å². The molecule has 1 aromatic carbocycles. The van der Waals surface area contributed by atoms with Crippen LogP contribution in [0.2, 0.25) is 5.02 Å². The summed E-state index contributed by atoms with van der Waals surface area (Å²) < 4.78 is 10.6. The molecule has 0 aliphatic carbocycles. The minimum atomic E-state index is -0.424. The number of imide groups is 1. The van der Waals surface area contributed by atoms with E-state index in [9.17, 15) is 9.59 Å². The Labute approximate surface area is 139 Å². The molecule has 1 atom stereocenters. The van der Waals surface area contributed by atoms with Gasteiger partial charge >= 0.3 is 0 Å². The van der Waals surface area contributed by atoms with Gasteiger partial charge in [0.1, 0.15) is 5.75 Å². The largest absolute Gasteiger partial charge is 0.495 e. The van der Waals surface area contributed by atoms with Gasteiger partial charge in [-0.3, -0.25) is 14.5 Å². The smallest absolute Gasteiger partial charge is 0.251 e. The molecule has 1 unspecified atom stereocenters. The van der Waals surface area contributed by atoms with Crippen LogP contribution in [0.3, 0.4) is 0 Å². The highest BCUT2D eigenvalue weighted by Gasteiger charge is 2.44. The maximum atomic E-state index is 12.8. The lowest BCUT2D eigenvalue weighted by Gasteiger charge is -2.30. The molecule has 0 spiro atoms. The Morgan fingerprint density at radius 3 is 2.61 bits per heavy atom. The molecule has 2 aliphatic rings. The Morgan fingerprint density at radius 1 is 1.26 bits per heavy atom. The second kappa shape index (κ2) is 6.47. The lowest BCUT2D eigenvalue weighted by atomic mass is 10.2. The maximum absolute atomic E-state index is 12.8. The summed E-state index contributed by atoms with van der Waals surface area (Å²) in [4.78, 5) is 28.5. The molecule has 6 nitrogen and oxygen atoms in total. The Balaban J connectivity index is 1.92. The number of nitrogens with zero attached hydrogens (tertiary/aromatic N) is 2. The number of hydrogen-bond acceptors (Lipinski definition) is 5. The Hall–Kier alpha value is -1.63. The molecular formula is C16H19ClN2O4. The molecule has 23 heavy (non-hydrogen) atoms. The molecular weight excluding hydrogens is 320 g/mol. The van der Waals surface area contributed by atoms with Crippen LogP contribution < -0.4 is 9.64 Å². The number of benzene rings is 1. The minimum Gasteiger partial charge on any atom is -0.495 e. The van der Waals surface area contributed by atoms with Gasteiger partial charge in [-0.25, -0.2) is 4.90 Å². The van der Waals surface area contributed by atoms with Crippen molar-refractivity contribution in [3.63, 3.8) is 0 Å². The van der Waals surface area contributed by atoms with Gasteiger partial charge in [-0.1, -0.05) is 11.6 Å². The van der Waals surface area contributed by atoms with Crippen LogP contribution in [0.5, 0.6) is 5.75 Å². The first-order chi connectivity index (χ1) is 11.0. The van der Waals surface area contributed by atoms with E-state index < -0.39 is 6.04 Å². The number of aryl methyl sites for hydroxylation is 1. The van der Waals surface area contributed by atoms with Gasteiger partial charge in [-0.2, -0.15) is 0 Å². The quantitative estimate of drug-likeness (QED) is 0.784. The summed E-state index contributed by atoms with van der Waals surface area (Å²) in [6.45, 7) is 4.32. The van der Waals surface area contributed by atoms with E-state index in [4.69, 9.17) is 21.1 Å². The van der Waals surface area contributed by atoms with Crippen LogP contribution in [0.15, 0.2) is 12.1 Å². The van der Waals surface area contributed by atoms with Gasteiger partial charge in [-0.15, -0.1) is 0 Å². The van der Waals surface area contributed by atoms with Gasteiger partial charge in [0.05, 0.1) is 38.5 Å². The van der Waals surface area contributed by atoms with Gasteiger partial charge in [0.15, 0.2) is 0 Å². The summed E-state index contributed by atoms with van der Waals surface area (Å²) in [5, 5.41) is 0.537. The molecule has 2 amide bonds. The molecule has 0 N–H and O–H groups in total. The van der Waals surface area contributed by atoms with Crippen LogP contribution >= 0.6 is 11.6 Å². The topological polar surface area (TPSA) is 59.1 Å². The molecule has 3 rings (SSSR count). The summed E-state index contributed by atoms with van der Waals surface area (Å²) in [5.41, 5.74) is 1.25. The molecule has 2 heterocycles. The van der Waals surface area contributed by atoms with Crippen LogP contribution in [0.4, 0.5) is 5.69 Å². The van der Waals surface area contributed by atoms with Gasteiger partial charge in [-0.05, 0) is 18.6 Å². The van der Waals surface area contributed by atoms with Crippen LogP contribution in [-0.4, -0.2) is 56.2 Å². The van der Waals surface area contributed by atoms with Crippen molar-refractivity contribution in [2.24, 2.45) is 0 Å². The third kappa shape index (κ3) is 2.94. The van der Waals surface area contributed by atoms with E-state index >= 15 is 0 Å². The van der Waals surface area contributed by atoms with Crippen LogP contribution in [0.1, 0.15) is 12.0 Å². The number of amides is 2. The summed E-state index contributed by atoms with van der Waals surface area (Å²) in [6, 6.07) is 2.93. The lowest BCUT2D eigenvalue weighted by molar-refractivity contribution is -0.123. The van der Waals surface area contributed by atoms with Crippen molar-refractivity contribution < 1.29 is 19.1 Å². The van der Waals surface area contributed by atoms with E-state index in [-0.39, 0.29) is 18.2 Å². The molecule has 0 radical (unpaired) electrons. The van der Waals surface area contributed by atoms with Crippen molar-refractivity contribution in [2.45, 2.75) is 19.4 Å². The fraction of sp³-hybridized carbons (Fsp3) is 0.500. The predicted molar refractivity (Wildman–Crippen MR) is 86.0 cm³/mol. The number of ether oxygens (including phenoxy) is 2. The highest BCUT2D eigenvalue weighted by Crippen LogP contribution is 2.37. The van der Waals surface area contributed by atoms with Crippen LogP contribution in [0, 0.1) is 6.92 Å². The van der Waals surface area contributed by atoms with Crippen molar-refractivity contribution in [2.75, 3.05) is 38.3 Å². The van der Waals surface area contributed by atoms with Crippen molar-refractivity contribution in [1.82, 2.24) is 4.90 Å². The first kappa shape index (κ1) is 16.2. The predicted octanol–water partition coefficient (Wildman–Crippen LogP) is 1.62. The van der Waals surface area contributed by atoms with E-state index in [1.165, 1.54) is 12.0 Å². The molecule has 124 valence electrons. The van der Waals surface area contributed by atoms with Gasteiger partial charge in [0.25, 0.3) is 5.91 Å². The van der Waals surface area contributed by atoms with E-state index in [1.807, 2.05) is 11.8 Å². The van der Waals surface area contributed by atoms with Crippen molar-refractivity contribution in [3.8, 4) is 5.75 Å². The second-order valence-electron chi connectivity index (χ2n) is 5.71. The summed E-state index contributed by atoms with van der Waals surface area (Å²) in [7, 11) is 1.50. The number of methoxy groups -OCH3 is 1. The summed E-state index contributed by atoms with van der Waals surface area (Å²) >= 11 is 6.10. The third-order valence-electron chi connectivity index (χ3n) is 4.31. The fourth-order valence-electron chi connectivity index (χ4n) is 3.03. The van der Waals surface area contributed by atoms with Gasteiger partial charge in [0, 0.05) is 24.2 Å². The lowest BCUT2D eigenvalue weighted by Crippen LogP contribution is -2.47. The molecule has 0 aromatic heterocycles. The number of carbonyl (C=O) groups excluding carboxylic acids is 2. The van der Waals surface area contributed by atoms with Gasteiger partial charge < -0.3 is 9.47 Å². The number of morpholine rings is 1. The van der Waals surface area contributed by atoms with Crippen molar-refractivity contribution >= 4 is 29.1 Å². The van der Waals surface area contributed by atoms with E-state index in [1.54, 1.807) is 12.1 Å². The van der Waals surface area contributed by atoms with Crippen molar-refractivity contribution in [3.05, 3.63) is 22.7 Å². The monoisotopic (exact) mass is 338 g/mol. The zero-order chi connectivity index (χ0) is 16.6. The molecule has 2 fully saturated rings. The fourth-order valence-corrected chi connectivity index (χ4v) is 3.18. The minimum absolute atomic E-state index is 0.184. The number of halogens is 1. The number of rotatable bonds is 3. The zero-order valence-corrected chi connectivity index (χ0v) is 13.9. The SMILES string of the molecule is COc1cc(Cl)c(C)cc1N1C(=O)CC(N2CCOCC2)C1=O. The first-order valence-electron chi connectivity index (χ1n) is 7.55. The third-order valence-corrected chi connectivity index (χ3v) is 4.72. The number of anilines is 1. The molecule has 0 bridgehead atoms. The Morgan fingerprint density at radius 2 is 1.96 bits per heavy atom. The number of carbonyl (C=O) groups is 2. The van der Waals surface area contributed by atoms with E-state index in [2.05, 4.69) is 0 Å². The molecule has 0 saturated carbocycles. The summed E-state index contributed by atoms with van der Waals surface area (Å²) in [6.07, 6.45) is 0.184. The Bertz CT molecular complexity index is 643. The molecule has 2 saturated heterocycles. The normalized spacial score (nSPS) is 22.7. The van der Waals surface area contributed by atoms with Crippen LogP contribution in [0.25, 0.3) is 0 Å².